The topological polar surface area (TPSA) is 96.0 Å². The quantitative estimate of drug-likeness (QED) is 0.488. The molecule has 0 aliphatic carbocycles. The minimum absolute atomic E-state index is 0.0637. The first kappa shape index (κ1) is 24.6. The van der Waals surface area contributed by atoms with Gasteiger partial charge in [-0.25, -0.2) is 4.79 Å². The number of methoxy groups -OCH3 is 1. The van der Waals surface area contributed by atoms with Crippen LogP contribution in [-0.2, 0) is 27.4 Å². The van der Waals surface area contributed by atoms with Crippen molar-refractivity contribution >= 4 is 41.3 Å². The number of nitrogens with one attached hydrogen (secondary N) is 1. The molecular weight excluding hydrogens is 487 g/mol. The zero-order valence-electron chi connectivity index (χ0n) is 18.4. The molecule has 2 heterocycles. The number of halogens is 3. The predicted octanol–water partition coefficient (Wildman–Crippen LogP) is 3.83. The van der Waals surface area contributed by atoms with Crippen LogP contribution in [0.3, 0.4) is 0 Å². The van der Waals surface area contributed by atoms with Gasteiger partial charge in [0.2, 0.25) is 11.8 Å². The number of amides is 4. The molecule has 0 saturated carbocycles. The number of imide groups is 1. The first-order chi connectivity index (χ1) is 16.6. The van der Waals surface area contributed by atoms with Gasteiger partial charge >= 0.3 is 11.6 Å². The van der Waals surface area contributed by atoms with Crippen LogP contribution in [0.2, 0.25) is 0 Å². The first-order valence-corrected chi connectivity index (χ1v) is 11.3. The summed E-state index contributed by atoms with van der Waals surface area (Å²) in [6.45, 7) is 0.143. The number of hydrogen-bond donors (Lipinski definition) is 1. The maximum Gasteiger partial charge on any atom is 0.446 e. The molecule has 0 spiro atoms. The second-order valence-corrected chi connectivity index (χ2v) is 9.13. The van der Waals surface area contributed by atoms with E-state index in [1.807, 2.05) is 0 Å². The van der Waals surface area contributed by atoms with Crippen LogP contribution in [0.4, 0.5) is 23.7 Å². The number of rotatable bonds is 5. The number of carbonyl (C=O) groups is 4. The average Bonchev–Trinajstić information content (AvgIpc) is 3.11. The summed E-state index contributed by atoms with van der Waals surface area (Å²) in [6.07, 6.45) is -0.405. The molecule has 35 heavy (non-hydrogen) atoms. The van der Waals surface area contributed by atoms with Gasteiger partial charge in [-0.3, -0.25) is 24.6 Å². The largest absolute Gasteiger partial charge is 0.452 e. The standard InChI is InChI=1S/C23H20F3N3O5S/c1-34-22(33)28(15-3-2-4-16(10-15)35-23(24,25)26)11-13-5-6-14-12-29(21(32)17(14)9-13)18-7-8-19(30)27-20(18)31/h2-6,9-10,18H,7-8,11-12H2,1H3,(H,27,30,31). The Morgan fingerprint density at radius 2 is 1.97 bits per heavy atom. The Kier molecular flexibility index (Phi) is 6.75. The van der Waals surface area contributed by atoms with Gasteiger partial charge in [-0.2, -0.15) is 13.2 Å². The van der Waals surface area contributed by atoms with Crippen molar-refractivity contribution in [2.24, 2.45) is 0 Å². The summed E-state index contributed by atoms with van der Waals surface area (Å²) in [5.41, 5.74) is -2.69. The number of fused-ring (bicyclic) bond motifs is 1. The van der Waals surface area contributed by atoms with E-state index >= 15 is 0 Å². The smallest absolute Gasteiger partial charge is 0.446 e. The molecule has 4 rings (SSSR count). The van der Waals surface area contributed by atoms with Gasteiger partial charge in [-0.1, -0.05) is 18.2 Å². The normalized spacial score (nSPS) is 17.8. The fourth-order valence-electron chi connectivity index (χ4n) is 4.10. The van der Waals surface area contributed by atoms with Gasteiger partial charge in [0.1, 0.15) is 6.04 Å². The van der Waals surface area contributed by atoms with Gasteiger partial charge in [0, 0.05) is 29.1 Å². The second kappa shape index (κ2) is 9.61. The number of benzene rings is 2. The van der Waals surface area contributed by atoms with Crippen LogP contribution >= 0.6 is 11.8 Å². The van der Waals surface area contributed by atoms with Crippen molar-refractivity contribution in [1.82, 2.24) is 10.2 Å². The number of ether oxygens (including phenoxy) is 1. The highest BCUT2D eigenvalue weighted by Crippen LogP contribution is 2.38. The maximum absolute atomic E-state index is 13.0. The fourth-order valence-corrected chi connectivity index (χ4v) is 4.70. The van der Waals surface area contributed by atoms with E-state index < -0.39 is 23.6 Å². The molecule has 2 aromatic rings. The molecule has 1 unspecified atom stereocenters. The number of thioether (sulfide) groups is 1. The third-order valence-corrected chi connectivity index (χ3v) is 6.41. The highest BCUT2D eigenvalue weighted by molar-refractivity contribution is 8.00. The zero-order chi connectivity index (χ0) is 25.3. The zero-order valence-corrected chi connectivity index (χ0v) is 19.2. The molecule has 1 saturated heterocycles. The molecule has 0 aromatic heterocycles. The Balaban J connectivity index is 1.56. The van der Waals surface area contributed by atoms with E-state index in [2.05, 4.69) is 5.32 Å². The van der Waals surface area contributed by atoms with Crippen LogP contribution in [0.5, 0.6) is 0 Å². The Morgan fingerprint density at radius 1 is 1.20 bits per heavy atom. The molecule has 0 radical (unpaired) electrons. The predicted molar refractivity (Wildman–Crippen MR) is 119 cm³/mol. The highest BCUT2D eigenvalue weighted by atomic mass is 32.2. The van der Waals surface area contributed by atoms with Crippen LogP contribution in [0, 0.1) is 0 Å². The lowest BCUT2D eigenvalue weighted by atomic mass is 10.0. The van der Waals surface area contributed by atoms with Crippen molar-refractivity contribution in [2.45, 2.75) is 42.4 Å². The molecule has 184 valence electrons. The molecule has 12 heteroatoms. The van der Waals surface area contributed by atoms with Gasteiger partial charge < -0.3 is 9.64 Å². The Morgan fingerprint density at radius 3 is 2.66 bits per heavy atom. The minimum Gasteiger partial charge on any atom is -0.452 e. The van der Waals surface area contributed by atoms with Crippen LogP contribution in [0.25, 0.3) is 0 Å². The van der Waals surface area contributed by atoms with Gasteiger partial charge in [-0.05, 0) is 53.6 Å². The van der Waals surface area contributed by atoms with Crippen molar-refractivity contribution in [3.63, 3.8) is 0 Å². The Labute approximate surface area is 202 Å². The Hall–Kier alpha value is -3.54. The van der Waals surface area contributed by atoms with E-state index in [1.54, 1.807) is 18.2 Å². The van der Waals surface area contributed by atoms with E-state index in [4.69, 9.17) is 4.74 Å². The van der Waals surface area contributed by atoms with Crippen LogP contribution in [0.15, 0.2) is 47.4 Å². The summed E-state index contributed by atoms with van der Waals surface area (Å²) in [5, 5.41) is 2.24. The van der Waals surface area contributed by atoms with Crippen molar-refractivity contribution in [3.8, 4) is 0 Å². The molecule has 1 fully saturated rings. The lowest BCUT2D eigenvalue weighted by molar-refractivity contribution is -0.136. The van der Waals surface area contributed by atoms with E-state index in [0.29, 0.717) is 16.7 Å². The van der Waals surface area contributed by atoms with E-state index in [1.165, 1.54) is 34.1 Å². The average molecular weight is 507 g/mol. The van der Waals surface area contributed by atoms with Crippen LogP contribution in [0.1, 0.15) is 34.3 Å². The van der Waals surface area contributed by atoms with Crippen molar-refractivity contribution < 1.29 is 37.1 Å². The number of hydrogen-bond acceptors (Lipinski definition) is 6. The minimum atomic E-state index is -4.48. The lowest BCUT2D eigenvalue weighted by Crippen LogP contribution is -2.52. The lowest BCUT2D eigenvalue weighted by Gasteiger charge is -2.29. The summed E-state index contributed by atoms with van der Waals surface area (Å²) >= 11 is -0.294. The van der Waals surface area contributed by atoms with Gasteiger partial charge in [0.25, 0.3) is 5.91 Å². The van der Waals surface area contributed by atoms with Gasteiger partial charge in [0.05, 0.1) is 13.7 Å². The Bertz CT molecular complexity index is 1200. The van der Waals surface area contributed by atoms with Gasteiger partial charge in [0.15, 0.2) is 0 Å². The van der Waals surface area contributed by atoms with E-state index in [9.17, 15) is 32.3 Å². The van der Waals surface area contributed by atoms with E-state index in [0.717, 1.165) is 7.11 Å². The molecular formula is C23H20F3N3O5S. The summed E-state index contributed by atoms with van der Waals surface area (Å²) < 4.78 is 43.2. The summed E-state index contributed by atoms with van der Waals surface area (Å²) in [7, 11) is 1.16. The number of carbonyl (C=O) groups excluding carboxylic acids is 4. The molecule has 1 N–H and O–H groups in total. The maximum atomic E-state index is 13.0. The number of nitrogens with zero attached hydrogens (tertiary/aromatic N) is 2. The van der Waals surface area contributed by atoms with Crippen molar-refractivity contribution in [1.29, 1.82) is 0 Å². The van der Waals surface area contributed by atoms with Crippen LogP contribution in [-0.4, -0.2) is 47.4 Å². The van der Waals surface area contributed by atoms with Crippen LogP contribution < -0.4 is 10.2 Å². The summed E-state index contributed by atoms with van der Waals surface area (Å²) in [4.78, 5) is 51.6. The molecule has 1 atom stereocenters. The molecule has 2 aromatic carbocycles. The number of anilines is 1. The third-order valence-electron chi connectivity index (χ3n) is 5.69. The molecule has 0 bridgehead atoms. The molecule has 4 amide bonds. The SMILES string of the molecule is COC(=O)N(Cc1ccc2c(c1)C(=O)N(C1CCC(=O)NC1=O)C2)c1cccc(SC(F)(F)F)c1. The number of alkyl halides is 3. The first-order valence-electron chi connectivity index (χ1n) is 10.5. The number of piperidine rings is 1. The van der Waals surface area contributed by atoms with Crippen molar-refractivity contribution in [3.05, 3.63) is 59.2 Å². The highest BCUT2D eigenvalue weighted by Gasteiger charge is 2.39. The molecule has 8 nitrogen and oxygen atoms in total. The fraction of sp³-hybridized carbons (Fsp3) is 0.304. The molecule has 2 aliphatic rings. The third kappa shape index (κ3) is 5.42. The summed E-state index contributed by atoms with van der Waals surface area (Å²) in [5.74, 6) is -1.26. The van der Waals surface area contributed by atoms with Gasteiger partial charge in [-0.15, -0.1) is 0 Å². The summed E-state index contributed by atoms with van der Waals surface area (Å²) in [6, 6.07) is 9.66. The van der Waals surface area contributed by atoms with E-state index in [-0.39, 0.29) is 60.1 Å². The monoisotopic (exact) mass is 507 g/mol. The molecule has 2 aliphatic heterocycles. The van der Waals surface area contributed by atoms with Crippen molar-refractivity contribution in [2.75, 3.05) is 12.0 Å². The second-order valence-electron chi connectivity index (χ2n) is 7.99.